The first-order valence-corrected chi connectivity index (χ1v) is 3.65. The van der Waals surface area contributed by atoms with Crippen LogP contribution in [0.15, 0.2) is 5.11 Å². The lowest BCUT2D eigenvalue weighted by molar-refractivity contribution is 0.0365. The predicted octanol–water partition coefficient (Wildman–Crippen LogP) is -0.646. The van der Waals surface area contributed by atoms with Crippen LogP contribution in [0.2, 0.25) is 0 Å². The van der Waals surface area contributed by atoms with Gasteiger partial charge in [0.25, 0.3) is 0 Å². The quantitative estimate of drug-likeness (QED) is 0.260. The van der Waals surface area contributed by atoms with Crippen LogP contribution in [-0.2, 0) is 4.74 Å². The second-order valence-electron chi connectivity index (χ2n) is 2.73. The Morgan fingerprint density at radius 2 is 2.42 bits per heavy atom. The minimum atomic E-state index is -1.39. The molecule has 1 saturated heterocycles. The fourth-order valence-corrected chi connectivity index (χ4v) is 1.18. The Morgan fingerprint density at radius 3 is 2.83 bits per heavy atom. The highest BCUT2D eigenvalue weighted by atomic mass is 19.1. The van der Waals surface area contributed by atoms with Gasteiger partial charge < -0.3 is 9.84 Å². The van der Waals surface area contributed by atoms with E-state index >= 15 is 0 Å². The topological polar surface area (TPSA) is 78.2 Å². The van der Waals surface area contributed by atoms with Crippen LogP contribution in [0.4, 0.5) is 4.39 Å². The SMILES string of the molecule is B[C@@H]1O[C@H](CN=[N+]=[N-])[C@H](O)[C@@H]1F. The van der Waals surface area contributed by atoms with Crippen LogP contribution in [0, 0.1) is 0 Å². The molecule has 7 heteroatoms. The zero-order valence-electron chi connectivity index (χ0n) is 6.59. The summed E-state index contributed by atoms with van der Waals surface area (Å²) in [6, 6.07) is -0.626. The van der Waals surface area contributed by atoms with Crippen molar-refractivity contribution in [2.45, 2.75) is 24.4 Å². The third-order valence-corrected chi connectivity index (χ3v) is 1.87. The van der Waals surface area contributed by atoms with Gasteiger partial charge in [-0.15, -0.1) is 0 Å². The molecule has 0 bridgehead atoms. The van der Waals surface area contributed by atoms with E-state index in [4.69, 9.17) is 10.3 Å². The molecule has 1 fully saturated rings. The number of halogens is 1. The summed E-state index contributed by atoms with van der Waals surface area (Å²) in [4.78, 5) is 2.50. The fourth-order valence-electron chi connectivity index (χ4n) is 1.18. The maximum atomic E-state index is 12.9. The molecule has 0 aromatic rings. The molecule has 5 nitrogen and oxygen atoms in total. The van der Waals surface area contributed by atoms with Crippen molar-refractivity contribution in [1.29, 1.82) is 0 Å². The van der Waals surface area contributed by atoms with Crippen LogP contribution in [-0.4, -0.2) is 43.9 Å². The number of nitrogens with zero attached hydrogens (tertiary/aromatic N) is 3. The van der Waals surface area contributed by atoms with Gasteiger partial charge in [0.2, 0.25) is 0 Å². The molecule has 4 atom stereocenters. The Kier molecular flexibility index (Phi) is 2.91. The monoisotopic (exact) mass is 173 g/mol. The van der Waals surface area contributed by atoms with Crippen molar-refractivity contribution < 1.29 is 14.2 Å². The summed E-state index contributed by atoms with van der Waals surface area (Å²) in [5, 5.41) is 12.4. The van der Waals surface area contributed by atoms with E-state index in [1.165, 1.54) is 7.85 Å². The van der Waals surface area contributed by atoms with Gasteiger partial charge in [0, 0.05) is 4.91 Å². The Hall–Kier alpha value is -0.775. The largest absolute Gasteiger partial charge is 0.387 e. The maximum absolute atomic E-state index is 12.9. The molecule has 0 amide bonds. The van der Waals surface area contributed by atoms with Crippen molar-refractivity contribution in [3.05, 3.63) is 10.4 Å². The molecule has 1 heterocycles. The summed E-state index contributed by atoms with van der Waals surface area (Å²) in [5.74, 6) is 0. The Morgan fingerprint density at radius 1 is 1.75 bits per heavy atom. The number of aliphatic hydroxyl groups excluding tert-OH is 1. The van der Waals surface area contributed by atoms with Crippen LogP contribution < -0.4 is 0 Å². The van der Waals surface area contributed by atoms with Crippen molar-refractivity contribution in [1.82, 2.24) is 0 Å². The average molecular weight is 173 g/mol. The number of alkyl halides is 1. The molecule has 1 aliphatic rings. The molecule has 0 radical (unpaired) electrons. The van der Waals surface area contributed by atoms with Crippen LogP contribution in [0.25, 0.3) is 10.4 Å². The van der Waals surface area contributed by atoms with E-state index in [0.29, 0.717) is 0 Å². The summed E-state index contributed by atoms with van der Waals surface area (Å²) < 4.78 is 17.9. The van der Waals surface area contributed by atoms with E-state index < -0.39 is 24.4 Å². The van der Waals surface area contributed by atoms with Gasteiger partial charge in [-0.05, 0) is 5.53 Å². The smallest absolute Gasteiger partial charge is 0.146 e. The third kappa shape index (κ3) is 1.69. The van der Waals surface area contributed by atoms with Crippen molar-refractivity contribution in [3.8, 4) is 0 Å². The Labute approximate surface area is 69.6 Å². The van der Waals surface area contributed by atoms with Gasteiger partial charge in [-0.3, -0.25) is 0 Å². The summed E-state index contributed by atoms with van der Waals surface area (Å²) >= 11 is 0. The molecule has 0 aliphatic carbocycles. The molecule has 1 aliphatic heterocycles. The summed E-state index contributed by atoms with van der Waals surface area (Å²) in [5.41, 5.74) is 7.97. The fraction of sp³-hybridized carbons (Fsp3) is 1.00. The number of rotatable bonds is 2. The van der Waals surface area contributed by atoms with Crippen LogP contribution in [0.5, 0.6) is 0 Å². The normalized spacial score (nSPS) is 40.8. The molecule has 0 unspecified atom stereocenters. The van der Waals surface area contributed by atoms with E-state index in [2.05, 4.69) is 10.0 Å². The first kappa shape index (κ1) is 9.31. The van der Waals surface area contributed by atoms with Gasteiger partial charge in [0.05, 0.1) is 18.7 Å². The lowest BCUT2D eigenvalue weighted by Crippen LogP contribution is -2.30. The lowest BCUT2D eigenvalue weighted by Gasteiger charge is -2.09. The minimum absolute atomic E-state index is 0.0254. The summed E-state index contributed by atoms with van der Waals surface area (Å²) in [6.07, 6.45) is -3.26. The first-order chi connectivity index (χ1) is 5.66. The van der Waals surface area contributed by atoms with Crippen molar-refractivity contribution in [3.63, 3.8) is 0 Å². The van der Waals surface area contributed by atoms with Gasteiger partial charge >= 0.3 is 0 Å². The molecule has 1 N–H and O–H groups in total. The van der Waals surface area contributed by atoms with E-state index in [0.717, 1.165) is 0 Å². The van der Waals surface area contributed by atoms with Gasteiger partial charge in [-0.25, -0.2) is 4.39 Å². The second-order valence-corrected chi connectivity index (χ2v) is 2.73. The maximum Gasteiger partial charge on any atom is 0.146 e. The van der Waals surface area contributed by atoms with Gasteiger partial charge in [0.1, 0.15) is 20.1 Å². The molecule has 1 rings (SSSR count). The zero-order chi connectivity index (χ0) is 9.14. The number of ether oxygens (including phenoxy) is 1. The second kappa shape index (κ2) is 3.75. The van der Waals surface area contributed by atoms with Crippen molar-refractivity contribution in [2.75, 3.05) is 6.54 Å². The number of hydrogen-bond acceptors (Lipinski definition) is 3. The lowest BCUT2D eigenvalue weighted by atomic mass is 9.94. The highest BCUT2D eigenvalue weighted by molar-refractivity contribution is 6.11. The third-order valence-electron chi connectivity index (χ3n) is 1.87. The minimum Gasteiger partial charge on any atom is -0.387 e. The van der Waals surface area contributed by atoms with E-state index in [9.17, 15) is 9.50 Å². The predicted molar refractivity (Wildman–Crippen MR) is 42.1 cm³/mol. The van der Waals surface area contributed by atoms with Gasteiger partial charge in [-0.2, -0.15) is 0 Å². The van der Waals surface area contributed by atoms with E-state index in [1.807, 2.05) is 0 Å². The summed E-state index contributed by atoms with van der Waals surface area (Å²) in [6.45, 7) is -0.0254. The molecule has 0 aromatic heterocycles. The summed E-state index contributed by atoms with van der Waals surface area (Å²) in [7, 11) is 1.53. The van der Waals surface area contributed by atoms with Crippen molar-refractivity contribution in [2.24, 2.45) is 5.11 Å². The van der Waals surface area contributed by atoms with Crippen LogP contribution >= 0.6 is 0 Å². The number of azide groups is 1. The molecule has 12 heavy (non-hydrogen) atoms. The Bertz CT molecular complexity index is 211. The highest BCUT2D eigenvalue weighted by Crippen LogP contribution is 2.22. The average Bonchev–Trinajstić information content (AvgIpc) is 2.30. The zero-order valence-corrected chi connectivity index (χ0v) is 6.59. The molecule has 0 aromatic carbocycles. The van der Waals surface area contributed by atoms with E-state index in [-0.39, 0.29) is 6.54 Å². The molecular weight excluding hydrogens is 164 g/mol. The molecule has 66 valence electrons. The molecular formula is C5H9BFN3O2. The van der Waals surface area contributed by atoms with Crippen molar-refractivity contribution >= 4 is 7.85 Å². The van der Waals surface area contributed by atoms with Gasteiger partial charge in [-0.1, -0.05) is 5.11 Å². The number of hydrogen-bond donors (Lipinski definition) is 1. The van der Waals surface area contributed by atoms with Crippen LogP contribution in [0.1, 0.15) is 0 Å². The van der Waals surface area contributed by atoms with E-state index in [1.54, 1.807) is 0 Å². The first-order valence-electron chi connectivity index (χ1n) is 3.65. The van der Waals surface area contributed by atoms with Crippen LogP contribution in [0.3, 0.4) is 0 Å². The molecule has 0 spiro atoms. The van der Waals surface area contributed by atoms with Gasteiger partial charge in [0.15, 0.2) is 0 Å². The number of aliphatic hydroxyl groups is 1. The standard InChI is InChI=1S/C5H9BFN3O2/c6-5-3(7)4(11)2(12-5)1-9-10-8/h2-5,11H,1,6H2/t2-,3+,4+,5-/m1/s1. The Balaban J connectivity index is 2.52. The highest BCUT2D eigenvalue weighted by Gasteiger charge is 2.40. The molecule has 0 saturated carbocycles.